The van der Waals surface area contributed by atoms with Gasteiger partial charge >= 0.3 is 0 Å². The summed E-state index contributed by atoms with van der Waals surface area (Å²) in [6.07, 6.45) is 10.2. The first kappa shape index (κ1) is 13.8. The Balaban J connectivity index is 1.46. The van der Waals surface area contributed by atoms with Crippen LogP contribution >= 0.6 is 0 Å². The smallest absolute Gasteiger partial charge is 0.0594 e. The van der Waals surface area contributed by atoms with Crippen LogP contribution in [-0.2, 0) is 4.74 Å². The standard InChI is InChI=1S/C16H30N2O/c1-2-6-16(7-3-1)18-8-4-5-15(14-18)13-17-9-11-19-12-10-17/h15-16H,1-14H2/t15-/m0/s1. The third kappa shape index (κ3) is 3.93. The predicted molar refractivity (Wildman–Crippen MR) is 78.4 cm³/mol. The highest BCUT2D eigenvalue weighted by Crippen LogP contribution is 2.27. The number of piperidine rings is 1. The summed E-state index contributed by atoms with van der Waals surface area (Å²) in [5, 5.41) is 0. The monoisotopic (exact) mass is 266 g/mol. The Morgan fingerprint density at radius 3 is 2.42 bits per heavy atom. The maximum Gasteiger partial charge on any atom is 0.0594 e. The van der Waals surface area contributed by atoms with Crippen molar-refractivity contribution in [2.24, 2.45) is 5.92 Å². The SMILES string of the molecule is C1CCC(N2CCC[C@@H](CN3CCOCC3)C2)CC1. The van der Waals surface area contributed by atoms with Crippen LogP contribution in [0.5, 0.6) is 0 Å². The van der Waals surface area contributed by atoms with Crippen molar-refractivity contribution in [3.05, 3.63) is 0 Å². The van der Waals surface area contributed by atoms with Gasteiger partial charge in [0.1, 0.15) is 0 Å². The van der Waals surface area contributed by atoms with Crippen LogP contribution in [0.15, 0.2) is 0 Å². The van der Waals surface area contributed by atoms with Gasteiger partial charge in [-0.25, -0.2) is 0 Å². The van der Waals surface area contributed by atoms with Crippen LogP contribution in [-0.4, -0.2) is 61.8 Å². The van der Waals surface area contributed by atoms with Crippen molar-refractivity contribution in [1.82, 2.24) is 9.80 Å². The first-order chi connectivity index (χ1) is 9.42. The molecule has 3 nitrogen and oxygen atoms in total. The van der Waals surface area contributed by atoms with E-state index in [1.54, 1.807) is 0 Å². The fourth-order valence-corrected chi connectivity index (χ4v) is 4.17. The Hall–Kier alpha value is -0.120. The number of morpholine rings is 1. The lowest BCUT2D eigenvalue weighted by molar-refractivity contribution is 0.0174. The molecule has 2 aliphatic heterocycles. The van der Waals surface area contributed by atoms with E-state index in [-0.39, 0.29) is 0 Å². The minimum Gasteiger partial charge on any atom is -0.379 e. The van der Waals surface area contributed by atoms with Crippen LogP contribution in [0.1, 0.15) is 44.9 Å². The second-order valence-electron chi connectivity index (χ2n) is 6.71. The second-order valence-corrected chi connectivity index (χ2v) is 6.71. The molecule has 0 unspecified atom stereocenters. The molecule has 0 N–H and O–H groups in total. The molecule has 0 amide bonds. The van der Waals surface area contributed by atoms with Gasteiger partial charge in [-0.15, -0.1) is 0 Å². The quantitative estimate of drug-likeness (QED) is 0.780. The van der Waals surface area contributed by atoms with Gasteiger partial charge in [-0.05, 0) is 38.1 Å². The van der Waals surface area contributed by atoms with Crippen molar-refractivity contribution in [3.63, 3.8) is 0 Å². The number of likely N-dealkylation sites (tertiary alicyclic amines) is 1. The van der Waals surface area contributed by atoms with Gasteiger partial charge < -0.3 is 9.64 Å². The molecule has 2 saturated heterocycles. The van der Waals surface area contributed by atoms with Gasteiger partial charge in [0, 0.05) is 32.2 Å². The molecule has 0 aromatic carbocycles. The van der Waals surface area contributed by atoms with Gasteiger partial charge in [-0.2, -0.15) is 0 Å². The second kappa shape index (κ2) is 7.05. The fraction of sp³-hybridized carbons (Fsp3) is 1.00. The van der Waals surface area contributed by atoms with Crippen molar-refractivity contribution in [1.29, 1.82) is 0 Å². The van der Waals surface area contributed by atoms with E-state index in [0.717, 1.165) is 38.3 Å². The van der Waals surface area contributed by atoms with Crippen molar-refractivity contribution >= 4 is 0 Å². The van der Waals surface area contributed by atoms with E-state index in [9.17, 15) is 0 Å². The van der Waals surface area contributed by atoms with E-state index < -0.39 is 0 Å². The van der Waals surface area contributed by atoms with Crippen LogP contribution in [0, 0.1) is 5.92 Å². The van der Waals surface area contributed by atoms with E-state index in [0.29, 0.717) is 0 Å². The molecule has 2 heterocycles. The van der Waals surface area contributed by atoms with E-state index in [2.05, 4.69) is 9.80 Å². The van der Waals surface area contributed by atoms with E-state index in [1.165, 1.54) is 64.6 Å². The lowest BCUT2D eigenvalue weighted by Crippen LogP contribution is -2.47. The highest BCUT2D eigenvalue weighted by atomic mass is 16.5. The van der Waals surface area contributed by atoms with Crippen molar-refractivity contribution in [3.8, 4) is 0 Å². The summed E-state index contributed by atoms with van der Waals surface area (Å²) in [7, 11) is 0. The average molecular weight is 266 g/mol. The first-order valence-electron chi connectivity index (χ1n) is 8.46. The van der Waals surface area contributed by atoms with Crippen LogP contribution in [0.4, 0.5) is 0 Å². The van der Waals surface area contributed by atoms with Crippen molar-refractivity contribution in [2.75, 3.05) is 45.9 Å². The van der Waals surface area contributed by atoms with Crippen LogP contribution < -0.4 is 0 Å². The third-order valence-corrected chi connectivity index (χ3v) is 5.26. The Labute approximate surface area is 118 Å². The lowest BCUT2D eigenvalue weighted by atomic mass is 9.90. The molecule has 19 heavy (non-hydrogen) atoms. The third-order valence-electron chi connectivity index (χ3n) is 5.26. The fourth-order valence-electron chi connectivity index (χ4n) is 4.17. The maximum atomic E-state index is 5.45. The molecule has 3 rings (SSSR count). The van der Waals surface area contributed by atoms with Crippen LogP contribution in [0.25, 0.3) is 0 Å². The topological polar surface area (TPSA) is 15.7 Å². The lowest BCUT2D eigenvalue weighted by Gasteiger charge is -2.41. The number of ether oxygens (including phenoxy) is 1. The summed E-state index contributed by atoms with van der Waals surface area (Å²) in [4.78, 5) is 5.45. The first-order valence-corrected chi connectivity index (χ1v) is 8.46. The molecule has 0 bridgehead atoms. The summed E-state index contributed by atoms with van der Waals surface area (Å²) >= 11 is 0. The van der Waals surface area contributed by atoms with Gasteiger partial charge in [-0.3, -0.25) is 4.90 Å². The minimum absolute atomic E-state index is 0.911. The van der Waals surface area contributed by atoms with E-state index in [1.807, 2.05) is 0 Å². The van der Waals surface area contributed by atoms with Gasteiger partial charge in [0.2, 0.25) is 0 Å². The highest BCUT2D eigenvalue weighted by molar-refractivity contribution is 4.83. The Morgan fingerprint density at radius 2 is 1.63 bits per heavy atom. The van der Waals surface area contributed by atoms with E-state index >= 15 is 0 Å². The normalized spacial score (nSPS) is 32.5. The number of hydrogen-bond donors (Lipinski definition) is 0. The van der Waals surface area contributed by atoms with Crippen LogP contribution in [0.3, 0.4) is 0 Å². The molecule has 1 atom stereocenters. The molecule has 1 saturated carbocycles. The predicted octanol–water partition coefficient (Wildman–Crippen LogP) is 2.36. The summed E-state index contributed by atoms with van der Waals surface area (Å²) in [6, 6.07) is 0.918. The van der Waals surface area contributed by atoms with Gasteiger partial charge in [0.15, 0.2) is 0 Å². The molecule has 3 aliphatic rings. The molecule has 110 valence electrons. The zero-order valence-electron chi connectivity index (χ0n) is 12.4. The Bertz CT molecular complexity index is 259. The van der Waals surface area contributed by atoms with Gasteiger partial charge in [0.25, 0.3) is 0 Å². The van der Waals surface area contributed by atoms with Gasteiger partial charge in [0.05, 0.1) is 13.2 Å². The van der Waals surface area contributed by atoms with Crippen molar-refractivity contribution in [2.45, 2.75) is 51.0 Å². The molecule has 0 aromatic rings. The summed E-state index contributed by atoms with van der Waals surface area (Å²) in [5.41, 5.74) is 0. The number of rotatable bonds is 3. The van der Waals surface area contributed by atoms with Gasteiger partial charge in [-0.1, -0.05) is 19.3 Å². The summed E-state index contributed by atoms with van der Waals surface area (Å²) in [6.45, 7) is 8.23. The molecular weight excluding hydrogens is 236 g/mol. The molecule has 3 fully saturated rings. The summed E-state index contributed by atoms with van der Waals surface area (Å²) < 4.78 is 5.45. The summed E-state index contributed by atoms with van der Waals surface area (Å²) in [5.74, 6) is 0.911. The average Bonchev–Trinajstić information content (AvgIpc) is 2.49. The largest absolute Gasteiger partial charge is 0.379 e. The number of hydrogen-bond acceptors (Lipinski definition) is 3. The minimum atomic E-state index is 0.911. The molecule has 0 aromatic heterocycles. The Kier molecular flexibility index (Phi) is 5.14. The zero-order valence-corrected chi connectivity index (χ0v) is 12.4. The van der Waals surface area contributed by atoms with E-state index in [4.69, 9.17) is 4.74 Å². The molecule has 0 spiro atoms. The maximum absolute atomic E-state index is 5.45. The zero-order chi connectivity index (χ0) is 12.9. The highest BCUT2D eigenvalue weighted by Gasteiger charge is 2.28. The number of nitrogens with zero attached hydrogens (tertiary/aromatic N) is 2. The van der Waals surface area contributed by atoms with Crippen molar-refractivity contribution < 1.29 is 4.74 Å². The van der Waals surface area contributed by atoms with Crippen LogP contribution in [0.2, 0.25) is 0 Å². The Morgan fingerprint density at radius 1 is 0.842 bits per heavy atom. The molecule has 3 heteroatoms. The molecular formula is C16H30N2O. The molecule has 1 aliphatic carbocycles. The molecule has 0 radical (unpaired) electrons.